The molecule has 4 rings (SSSR count). The van der Waals surface area contributed by atoms with Gasteiger partial charge >= 0.3 is 12.4 Å². The van der Waals surface area contributed by atoms with Crippen LogP contribution in [0.2, 0.25) is 0 Å². The fraction of sp³-hybridized carbons (Fsp3) is 0.542. The van der Waals surface area contributed by atoms with Gasteiger partial charge in [0.1, 0.15) is 0 Å². The Bertz CT molecular complexity index is 1120. The molecule has 0 aliphatic carbocycles. The summed E-state index contributed by atoms with van der Waals surface area (Å²) < 4.78 is 81.2. The first-order valence-electron chi connectivity index (χ1n) is 11.4. The number of aliphatic imine (C=N–C) groups is 1. The van der Waals surface area contributed by atoms with Gasteiger partial charge in [0.25, 0.3) is 5.91 Å². The van der Waals surface area contributed by atoms with Gasteiger partial charge < -0.3 is 4.90 Å². The second-order valence-corrected chi connectivity index (χ2v) is 9.99. The maximum Gasteiger partial charge on any atom is 0.416 e. The average Bonchev–Trinajstić information content (AvgIpc) is 3.17. The van der Waals surface area contributed by atoms with Crippen LogP contribution in [0.5, 0.6) is 0 Å². The summed E-state index contributed by atoms with van der Waals surface area (Å²) in [6.45, 7) is 6.87. The van der Waals surface area contributed by atoms with Crippen molar-refractivity contribution in [1.82, 2.24) is 14.7 Å². The van der Waals surface area contributed by atoms with E-state index in [9.17, 15) is 31.1 Å². The molecule has 3 heterocycles. The van der Waals surface area contributed by atoms with Crippen LogP contribution in [0.15, 0.2) is 23.2 Å². The van der Waals surface area contributed by atoms with Crippen LogP contribution in [0, 0.1) is 0 Å². The summed E-state index contributed by atoms with van der Waals surface area (Å²) >= 11 is 0. The van der Waals surface area contributed by atoms with Crippen molar-refractivity contribution < 1.29 is 31.1 Å². The van der Waals surface area contributed by atoms with Crippen LogP contribution in [0.25, 0.3) is 0 Å². The van der Waals surface area contributed by atoms with Gasteiger partial charge in [-0.3, -0.25) is 14.5 Å². The maximum atomic E-state index is 13.3. The Morgan fingerprint density at radius 3 is 2.03 bits per heavy atom. The molecule has 5 nitrogen and oxygen atoms in total. The summed E-state index contributed by atoms with van der Waals surface area (Å²) in [6, 6.07) is 1.72. The zero-order valence-corrected chi connectivity index (χ0v) is 19.6. The molecule has 1 fully saturated rings. The van der Waals surface area contributed by atoms with Crippen molar-refractivity contribution >= 4 is 12.1 Å². The number of rotatable bonds is 2. The lowest BCUT2D eigenvalue weighted by atomic mass is 9.87. The van der Waals surface area contributed by atoms with Crippen LogP contribution in [-0.2, 0) is 24.3 Å². The fourth-order valence-electron chi connectivity index (χ4n) is 4.63. The molecule has 0 atom stereocenters. The molecule has 1 aromatic carbocycles. The molecule has 2 aliphatic rings. The molecule has 1 saturated heterocycles. The zero-order chi connectivity index (χ0) is 25.8. The number of benzene rings is 1. The highest BCUT2D eigenvalue weighted by molar-refractivity contribution is 5.97. The number of hydrogen-bond acceptors (Lipinski definition) is 3. The number of likely N-dealkylation sites (tertiary alicyclic amines) is 1. The van der Waals surface area contributed by atoms with Crippen molar-refractivity contribution in [2.45, 2.75) is 63.8 Å². The first kappa shape index (κ1) is 25.2. The van der Waals surface area contributed by atoms with E-state index in [0.717, 1.165) is 23.4 Å². The van der Waals surface area contributed by atoms with Crippen LogP contribution in [0.1, 0.15) is 78.0 Å². The number of aromatic nitrogens is 2. The fourth-order valence-corrected chi connectivity index (χ4v) is 4.63. The third-order valence-corrected chi connectivity index (χ3v) is 6.43. The molecule has 2 aliphatic heterocycles. The van der Waals surface area contributed by atoms with Gasteiger partial charge in [-0.1, -0.05) is 0 Å². The first-order valence-corrected chi connectivity index (χ1v) is 11.4. The monoisotopic (exact) mass is 500 g/mol. The van der Waals surface area contributed by atoms with Gasteiger partial charge in [-0.05, 0) is 69.7 Å². The van der Waals surface area contributed by atoms with E-state index >= 15 is 0 Å². The maximum absolute atomic E-state index is 13.3. The van der Waals surface area contributed by atoms with Crippen molar-refractivity contribution in [3.05, 3.63) is 51.8 Å². The number of halogens is 6. The number of carbonyl (C=O) groups is 1. The normalized spacial score (nSPS) is 17.6. The molecular formula is C24H26F6N4O. The molecule has 0 radical (unpaired) electrons. The molecule has 1 aromatic heterocycles. The summed E-state index contributed by atoms with van der Waals surface area (Å²) in [5.74, 6) is -0.798. The average molecular weight is 500 g/mol. The lowest BCUT2D eigenvalue weighted by Gasteiger charge is -2.32. The second-order valence-electron chi connectivity index (χ2n) is 9.99. The topological polar surface area (TPSA) is 50.5 Å². The van der Waals surface area contributed by atoms with Gasteiger partial charge in [-0.25, -0.2) is 0 Å². The van der Waals surface area contributed by atoms with E-state index in [1.54, 1.807) is 15.8 Å². The number of amides is 1. The quantitative estimate of drug-likeness (QED) is 0.499. The number of piperidine rings is 1. The van der Waals surface area contributed by atoms with Crippen LogP contribution in [-0.4, -0.2) is 46.4 Å². The highest BCUT2D eigenvalue weighted by Crippen LogP contribution is 2.40. The van der Waals surface area contributed by atoms with Gasteiger partial charge in [0.05, 0.1) is 22.4 Å². The molecule has 190 valence electrons. The first-order chi connectivity index (χ1) is 16.2. The minimum absolute atomic E-state index is 0.00940. The Kier molecular flexibility index (Phi) is 6.25. The zero-order valence-electron chi connectivity index (χ0n) is 19.6. The highest BCUT2D eigenvalue weighted by atomic mass is 19.4. The second kappa shape index (κ2) is 8.67. The summed E-state index contributed by atoms with van der Waals surface area (Å²) in [4.78, 5) is 19.2. The third kappa shape index (κ3) is 5.08. The molecular weight excluding hydrogens is 474 g/mol. The molecule has 0 bridgehead atoms. The number of fused-ring (bicyclic) bond motifs is 1. The molecule has 0 spiro atoms. The van der Waals surface area contributed by atoms with Gasteiger partial charge in [-0.15, -0.1) is 0 Å². The van der Waals surface area contributed by atoms with Crippen molar-refractivity contribution in [3.63, 3.8) is 0 Å². The third-order valence-electron chi connectivity index (χ3n) is 6.43. The van der Waals surface area contributed by atoms with Gasteiger partial charge in [0, 0.05) is 31.4 Å². The van der Waals surface area contributed by atoms with E-state index in [0.29, 0.717) is 18.7 Å². The SMILES string of the molecule is CC(C)(C)n1nc(C(=O)N2CCC(c3cc(C(F)(F)F)cc(C(F)(F)F)c3)CC2)c2c1C=NCC2. The van der Waals surface area contributed by atoms with Crippen LogP contribution >= 0.6 is 0 Å². The number of hydrogen-bond donors (Lipinski definition) is 0. The van der Waals surface area contributed by atoms with Gasteiger partial charge in [0.15, 0.2) is 5.69 Å². The van der Waals surface area contributed by atoms with Gasteiger partial charge in [-0.2, -0.15) is 31.4 Å². The molecule has 0 unspecified atom stereocenters. The summed E-state index contributed by atoms with van der Waals surface area (Å²) in [5.41, 5.74) is -1.09. The molecule has 35 heavy (non-hydrogen) atoms. The number of nitrogens with zero attached hydrogens (tertiary/aromatic N) is 4. The summed E-state index contributed by atoms with van der Waals surface area (Å²) in [6.07, 6.45) is -6.97. The Labute approximate surface area is 198 Å². The number of carbonyl (C=O) groups excluding carboxylic acids is 1. The van der Waals surface area contributed by atoms with Crippen molar-refractivity contribution in [3.8, 4) is 0 Å². The molecule has 0 saturated carbocycles. The van der Waals surface area contributed by atoms with Crippen LogP contribution in [0.4, 0.5) is 26.3 Å². The van der Waals surface area contributed by atoms with Crippen LogP contribution in [0.3, 0.4) is 0 Å². The minimum Gasteiger partial charge on any atom is -0.337 e. The Morgan fingerprint density at radius 1 is 0.943 bits per heavy atom. The van der Waals surface area contributed by atoms with Gasteiger partial charge in [0.2, 0.25) is 0 Å². The smallest absolute Gasteiger partial charge is 0.337 e. The molecule has 2 aromatic rings. The van der Waals surface area contributed by atoms with Crippen molar-refractivity contribution in [2.75, 3.05) is 19.6 Å². The summed E-state index contributed by atoms with van der Waals surface area (Å²) in [7, 11) is 0. The standard InChI is InChI=1S/C24H26F6N4O/c1-22(2,3)34-19-13-31-7-4-18(19)20(32-34)21(35)33-8-5-14(6-9-33)15-10-16(23(25,26)27)12-17(11-15)24(28,29)30/h10-14H,4-9H2,1-3H3. The number of alkyl halides is 6. The van der Waals surface area contributed by atoms with E-state index in [1.807, 2.05) is 20.8 Å². The predicted octanol–water partition coefficient (Wildman–Crippen LogP) is 5.67. The van der Waals surface area contributed by atoms with Crippen molar-refractivity contribution in [2.24, 2.45) is 4.99 Å². The van der Waals surface area contributed by atoms with Crippen LogP contribution < -0.4 is 0 Å². The van der Waals surface area contributed by atoms with E-state index in [2.05, 4.69) is 10.1 Å². The molecule has 0 N–H and O–H groups in total. The highest BCUT2D eigenvalue weighted by Gasteiger charge is 2.38. The summed E-state index contributed by atoms with van der Waals surface area (Å²) in [5, 5.41) is 4.58. The van der Waals surface area contributed by atoms with E-state index < -0.39 is 29.4 Å². The Morgan fingerprint density at radius 2 is 1.51 bits per heavy atom. The Balaban J connectivity index is 1.56. The van der Waals surface area contributed by atoms with E-state index in [1.165, 1.54) is 0 Å². The van der Waals surface area contributed by atoms with E-state index in [-0.39, 0.29) is 49.0 Å². The predicted molar refractivity (Wildman–Crippen MR) is 118 cm³/mol. The molecule has 11 heteroatoms. The largest absolute Gasteiger partial charge is 0.416 e. The van der Waals surface area contributed by atoms with Crippen molar-refractivity contribution in [1.29, 1.82) is 0 Å². The lowest BCUT2D eigenvalue weighted by molar-refractivity contribution is -0.143. The lowest BCUT2D eigenvalue weighted by Crippen LogP contribution is -2.38. The minimum atomic E-state index is -4.89. The van der Waals surface area contributed by atoms with E-state index in [4.69, 9.17) is 0 Å². The molecule has 1 amide bonds. The Hall–Kier alpha value is -2.85.